The van der Waals surface area contributed by atoms with E-state index in [-0.39, 0.29) is 11.3 Å². The first-order valence-electron chi connectivity index (χ1n) is 7.26. The number of hydrogen-bond donors (Lipinski definition) is 2. The second-order valence-corrected chi connectivity index (χ2v) is 5.80. The van der Waals surface area contributed by atoms with Crippen molar-refractivity contribution in [3.8, 4) is 5.75 Å². The highest BCUT2D eigenvalue weighted by atomic mass is 35.5. The number of ether oxygens (including phenoxy) is 2. The van der Waals surface area contributed by atoms with E-state index in [1.807, 2.05) is 0 Å². The van der Waals surface area contributed by atoms with Crippen molar-refractivity contribution < 1.29 is 23.9 Å². The fraction of sp³-hybridized carbons (Fsp3) is 0.118. The summed E-state index contributed by atoms with van der Waals surface area (Å²) in [7, 11) is 1.39. The molecule has 0 saturated heterocycles. The number of methoxy groups -OCH3 is 1. The van der Waals surface area contributed by atoms with Crippen LogP contribution in [-0.2, 0) is 9.53 Å². The molecular formula is C17H14Cl2N2O5. The molecule has 0 aliphatic rings. The van der Waals surface area contributed by atoms with Gasteiger partial charge in [-0.3, -0.25) is 20.4 Å². The zero-order valence-corrected chi connectivity index (χ0v) is 15.1. The molecule has 0 spiro atoms. The van der Waals surface area contributed by atoms with Crippen LogP contribution in [0.3, 0.4) is 0 Å². The van der Waals surface area contributed by atoms with Crippen molar-refractivity contribution in [2.45, 2.75) is 0 Å². The first-order chi connectivity index (χ1) is 12.4. The van der Waals surface area contributed by atoms with E-state index in [0.717, 1.165) is 0 Å². The number of rotatable bonds is 5. The summed E-state index contributed by atoms with van der Waals surface area (Å²) < 4.78 is 9.92. The third-order valence-electron chi connectivity index (χ3n) is 3.14. The van der Waals surface area contributed by atoms with E-state index < -0.39 is 24.4 Å². The number of benzene rings is 2. The minimum Gasteiger partial charge on any atom is -0.496 e. The van der Waals surface area contributed by atoms with Gasteiger partial charge in [-0.2, -0.15) is 0 Å². The number of hydrogen-bond acceptors (Lipinski definition) is 5. The Bertz CT molecular complexity index is 824. The zero-order valence-electron chi connectivity index (χ0n) is 13.5. The summed E-state index contributed by atoms with van der Waals surface area (Å²) in [6, 6.07) is 10.5. The van der Waals surface area contributed by atoms with Gasteiger partial charge in [0.05, 0.1) is 7.11 Å². The molecule has 2 aromatic rings. The lowest BCUT2D eigenvalue weighted by Crippen LogP contribution is -2.43. The number of carbonyl (C=O) groups is 3. The van der Waals surface area contributed by atoms with Crippen molar-refractivity contribution in [1.82, 2.24) is 10.9 Å². The number of nitrogens with one attached hydrogen (secondary N) is 2. The van der Waals surface area contributed by atoms with Crippen LogP contribution in [0, 0.1) is 0 Å². The molecule has 26 heavy (non-hydrogen) atoms. The minimum absolute atomic E-state index is 0.0815. The molecule has 0 aliphatic heterocycles. The molecule has 0 atom stereocenters. The second-order valence-electron chi connectivity index (χ2n) is 4.93. The Labute approximate surface area is 159 Å². The fourth-order valence-corrected chi connectivity index (χ4v) is 2.18. The zero-order chi connectivity index (χ0) is 19.1. The van der Waals surface area contributed by atoms with Gasteiger partial charge in [-0.25, -0.2) is 4.79 Å². The van der Waals surface area contributed by atoms with Gasteiger partial charge in [-0.1, -0.05) is 23.2 Å². The molecule has 136 valence electrons. The Kier molecular flexibility index (Phi) is 6.82. The van der Waals surface area contributed by atoms with Crippen molar-refractivity contribution in [1.29, 1.82) is 0 Å². The molecule has 2 N–H and O–H groups in total. The van der Waals surface area contributed by atoms with Gasteiger partial charge in [0, 0.05) is 15.6 Å². The normalized spacial score (nSPS) is 9.96. The molecule has 9 heteroatoms. The number of hydrazine groups is 1. The highest BCUT2D eigenvalue weighted by Gasteiger charge is 2.16. The average molecular weight is 397 g/mol. The summed E-state index contributed by atoms with van der Waals surface area (Å²) in [5, 5.41) is 0.798. The van der Waals surface area contributed by atoms with Gasteiger partial charge in [0.25, 0.3) is 11.8 Å². The molecule has 0 aliphatic carbocycles. The number of esters is 1. The molecule has 0 fully saturated rings. The summed E-state index contributed by atoms with van der Waals surface area (Å²) in [5.74, 6) is -1.79. The van der Waals surface area contributed by atoms with Crippen LogP contribution < -0.4 is 15.6 Å². The third kappa shape index (κ3) is 5.37. The van der Waals surface area contributed by atoms with Crippen LogP contribution in [0.4, 0.5) is 0 Å². The van der Waals surface area contributed by atoms with Crippen molar-refractivity contribution in [3.63, 3.8) is 0 Å². The quantitative estimate of drug-likeness (QED) is 0.598. The molecule has 2 amide bonds. The minimum atomic E-state index is -0.788. The van der Waals surface area contributed by atoms with Gasteiger partial charge < -0.3 is 9.47 Å². The van der Waals surface area contributed by atoms with Gasteiger partial charge in [-0.15, -0.1) is 0 Å². The lowest BCUT2D eigenvalue weighted by Gasteiger charge is -2.10. The van der Waals surface area contributed by atoms with Gasteiger partial charge in [0.1, 0.15) is 11.3 Å². The van der Waals surface area contributed by atoms with Gasteiger partial charge in [0.15, 0.2) is 6.61 Å². The fourth-order valence-electron chi connectivity index (χ4n) is 1.88. The third-order valence-corrected chi connectivity index (χ3v) is 3.62. The second kappa shape index (κ2) is 9.07. The van der Waals surface area contributed by atoms with Crippen LogP contribution in [0.15, 0.2) is 42.5 Å². The molecule has 0 radical (unpaired) electrons. The Hall–Kier alpha value is -2.77. The monoisotopic (exact) mass is 396 g/mol. The molecular weight excluding hydrogens is 383 g/mol. The van der Waals surface area contributed by atoms with E-state index in [9.17, 15) is 14.4 Å². The smallest absolute Gasteiger partial charge is 0.342 e. The van der Waals surface area contributed by atoms with Gasteiger partial charge in [0.2, 0.25) is 0 Å². The number of carbonyl (C=O) groups excluding carboxylic acids is 3. The Morgan fingerprint density at radius 2 is 1.62 bits per heavy atom. The van der Waals surface area contributed by atoms with E-state index in [1.165, 1.54) is 31.4 Å². The first-order valence-corrected chi connectivity index (χ1v) is 8.01. The molecule has 0 saturated carbocycles. The van der Waals surface area contributed by atoms with Crippen molar-refractivity contribution >= 4 is 41.0 Å². The molecule has 0 heterocycles. The predicted molar refractivity (Wildman–Crippen MR) is 95.3 cm³/mol. The van der Waals surface area contributed by atoms with E-state index in [1.54, 1.807) is 18.2 Å². The highest BCUT2D eigenvalue weighted by Crippen LogP contribution is 2.23. The van der Waals surface area contributed by atoms with Gasteiger partial charge in [-0.05, 0) is 42.5 Å². The van der Waals surface area contributed by atoms with E-state index in [4.69, 9.17) is 32.7 Å². The topological polar surface area (TPSA) is 93.7 Å². The van der Waals surface area contributed by atoms with E-state index in [2.05, 4.69) is 10.9 Å². The van der Waals surface area contributed by atoms with Crippen LogP contribution in [0.5, 0.6) is 5.75 Å². The summed E-state index contributed by atoms with van der Waals surface area (Å²) in [6.45, 7) is -0.602. The Morgan fingerprint density at radius 1 is 0.962 bits per heavy atom. The Balaban J connectivity index is 1.85. The molecule has 7 nitrogen and oxygen atoms in total. The van der Waals surface area contributed by atoms with E-state index in [0.29, 0.717) is 15.6 Å². The lowest BCUT2D eigenvalue weighted by molar-refractivity contribution is -0.125. The van der Waals surface area contributed by atoms with Crippen molar-refractivity contribution in [3.05, 3.63) is 63.6 Å². The van der Waals surface area contributed by atoms with Gasteiger partial charge >= 0.3 is 5.97 Å². The van der Waals surface area contributed by atoms with Crippen molar-refractivity contribution in [2.75, 3.05) is 13.7 Å². The van der Waals surface area contributed by atoms with Crippen LogP contribution in [0.2, 0.25) is 10.0 Å². The van der Waals surface area contributed by atoms with Crippen LogP contribution in [0.1, 0.15) is 20.7 Å². The largest absolute Gasteiger partial charge is 0.496 e. The SMILES string of the molecule is COc1ccc(Cl)cc1C(=O)OCC(=O)NNC(=O)c1ccc(Cl)cc1. The summed E-state index contributed by atoms with van der Waals surface area (Å²) >= 11 is 11.6. The highest BCUT2D eigenvalue weighted by molar-refractivity contribution is 6.31. The first kappa shape index (κ1) is 19.6. The molecule has 2 aromatic carbocycles. The average Bonchev–Trinajstić information content (AvgIpc) is 2.64. The summed E-state index contributed by atoms with van der Waals surface area (Å²) in [5.41, 5.74) is 4.71. The molecule has 2 rings (SSSR count). The van der Waals surface area contributed by atoms with E-state index >= 15 is 0 Å². The molecule has 0 aromatic heterocycles. The standard InChI is InChI=1S/C17H14Cl2N2O5/c1-25-14-7-6-12(19)8-13(14)17(24)26-9-15(22)20-21-16(23)10-2-4-11(18)5-3-10/h2-8H,9H2,1H3,(H,20,22)(H,21,23). The Morgan fingerprint density at radius 3 is 2.27 bits per heavy atom. The maximum atomic E-state index is 12.0. The summed E-state index contributed by atoms with van der Waals surface area (Å²) in [6.07, 6.45) is 0. The number of halogens is 2. The molecule has 0 bridgehead atoms. The van der Waals surface area contributed by atoms with Crippen LogP contribution >= 0.6 is 23.2 Å². The molecule has 0 unspecified atom stereocenters. The lowest BCUT2D eigenvalue weighted by atomic mass is 10.2. The number of amides is 2. The summed E-state index contributed by atoms with van der Waals surface area (Å²) in [4.78, 5) is 35.6. The van der Waals surface area contributed by atoms with Crippen molar-refractivity contribution in [2.24, 2.45) is 0 Å². The van der Waals surface area contributed by atoms with Crippen LogP contribution in [-0.4, -0.2) is 31.5 Å². The van der Waals surface area contributed by atoms with Crippen LogP contribution in [0.25, 0.3) is 0 Å². The maximum Gasteiger partial charge on any atom is 0.342 e. The predicted octanol–water partition coefficient (Wildman–Crippen LogP) is 2.62. The maximum absolute atomic E-state index is 12.0.